The summed E-state index contributed by atoms with van der Waals surface area (Å²) in [6.07, 6.45) is 0. The Bertz CT molecular complexity index is 17.8. The average molecular weight is 400 g/mol. The maximum absolute atomic E-state index is 0. The minimum absolute atomic E-state index is 0. The summed E-state index contributed by atoms with van der Waals surface area (Å²) in [6.45, 7) is 0. The molecule has 0 aliphatic heterocycles. The van der Waals surface area contributed by atoms with Crippen molar-refractivity contribution >= 4 is 59.7 Å². The van der Waals surface area contributed by atoms with E-state index in [0.29, 0.717) is 0 Å². The molecular formula is H2Ce2Li2O3Si2. The summed E-state index contributed by atoms with van der Waals surface area (Å²) >= 11 is 0. The SMILES string of the molecule is [Ce+3].[Ce+3].[LiH].[LiH].[O-2].[O-2].[O-2].[Si].[Si]. The molecule has 0 aliphatic rings. The summed E-state index contributed by atoms with van der Waals surface area (Å²) < 4.78 is 0. The van der Waals surface area contributed by atoms with E-state index in [2.05, 4.69) is 0 Å². The largest absolute Gasteiger partial charge is 2.00 e. The van der Waals surface area contributed by atoms with Crippen LogP contribution < -0.4 is 0 Å². The maximum atomic E-state index is 0. The van der Waals surface area contributed by atoms with E-state index in [0.717, 1.165) is 0 Å². The van der Waals surface area contributed by atoms with Gasteiger partial charge in [-0.15, -0.1) is 0 Å². The minimum Gasteiger partial charge on any atom is -2.00 e. The van der Waals surface area contributed by atoms with Gasteiger partial charge in [0.25, 0.3) is 0 Å². The number of rotatable bonds is 0. The molecule has 0 rings (SSSR count). The minimum atomic E-state index is 0. The summed E-state index contributed by atoms with van der Waals surface area (Å²) in [6, 6.07) is 0. The topological polar surface area (TPSA) is 85.5 Å². The molecule has 38 valence electrons. The van der Waals surface area contributed by atoms with Crippen LogP contribution in [0.3, 0.4) is 0 Å². The molecule has 0 aromatic carbocycles. The van der Waals surface area contributed by atoms with Crippen LogP contribution in [0.15, 0.2) is 0 Å². The third-order valence-corrected chi connectivity index (χ3v) is 0. The van der Waals surface area contributed by atoms with Crippen LogP contribution >= 0.6 is 0 Å². The van der Waals surface area contributed by atoms with Crippen LogP contribution in [0.5, 0.6) is 0 Å². The second-order valence-corrected chi connectivity index (χ2v) is 0. The first-order valence-electron chi connectivity index (χ1n) is 0. The average Bonchev–Trinajstić information content (AvgIpc) is 0. The van der Waals surface area contributed by atoms with Gasteiger partial charge in [-0.2, -0.15) is 0 Å². The molecule has 0 amide bonds. The normalized spacial score (nSPS) is 0. The van der Waals surface area contributed by atoms with E-state index in [9.17, 15) is 0 Å². The molecule has 0 atom stereocenters. The molecule has 0 heterocycles. The van der Waals surface area contributed by atoms with E-state index in [1.54, 1.807) is 0 Å². The fourth-order valence-electron chi connectivity index (χ4n) is 0. The van der Waals surface area contributed by atoms with Crippen molar-refractivity contribution in [2.75, 3.05) is 0 Å². The number of hydrogen-bond donors (Lipinski definition) is 0. The second-order valence-electron chi connectivity index (χ2n) is 0. The fraction of sp³-hybridized carbons (Fsp3) is 0. The molecule has 0 bridgehead atoms. The Hall–Kier alpha value is 4.26. The summed E-state index contributed by atoms with van der Waals surface area (Å²) in [5.74, 6) is 0. The third-order valence-electron chi connectivity index (χ3n) is 0. The molecule has 0 aromatic heterocycles. The first-order valence-corrected chi connectivity index (χ1v) is 0. The van der Waals surface area contributed by atoms with Gasteiger partial charge in [0, 0.05) is 21.9 Å². The third kappa shape index (κ3) is 71.1. The molecule has 9 heteroatoms. The molecule has 0 spiro atoms. The van der Waals surface area contributed by atoms with Crippen molar-refractivity contribution < 1.29 is 99.9 Å². The van der Waals surface area contributed by atoms with Crippen LogP contribution in [0.1, 0.15) is 0 Å². The molecule has 0 aromatic rings. The fourth-order valence-corrected chi connectivity index (χ4v) is 0. The predicted octanol–water partition coefficient (Wildman–Crippen LogP) is -2.42. The Kier molecular flexibility index (Phi) is 1040. The van der Waals surface area contributed by atoms with E-state index in [1.807, 2.05) is 0 Å². The van der Waals surface area contributed by atoms with Crippen molar-refractivity contribution in [1.29, 1.82) is 0 Å². The molecular weight excluding hydrogens is 398 g/mol. The molecule has 9 heavy (non-hydrogen) atoms. The van der Waals surface area contributed by atoms with Crippen LogP contribution in [0.2, 0.25) is 0 Å². The monoisotopic (exact) mass is 400 g/mol. The first-order chi connectivity index (χ1) is 0. The van der Waals surface area contributed by atoms with Gasteiger partial charge in [0.05, 0.1) is 0 Å². The standard InChI is InChI=1S/2Ce.2Li.3O.2Si.2H/q2*+3;;;3*-2;;;;. The zero-order valence-corrected chi connectivity index (χ0v) is 11.5. The van der Waals surface area contributed by atoms with Crippen molar-refractivity contribution in [1.82, 2.24) is 0 Å². The smallest absolute Gasteiger partial charge is 0 e. The van der Waals surface area contributed by atoms with Crippen molar-refractivity contribution in [3.8, 4) is 0 Å². The molecule has 0 saturated carbocycles. The predicted molar refractivity (Wildman–Crippen MR) is 27.9 cm³/mol. The quantitative estimate of drug-likeness (QED) is 0.406. The van der Waals surface area contributed by atoms with E-state index >= 15 is 0 Å². The Labute approximate surface area is 156 Å². The van der Waals surface area contributed by atoms with Crippen LogP contribution in [0, 0.1) is 83.5 Å². The van der Waals surface area contributed by atoms with Gasteiger partial charge in [0.15, 0.2) is 0 Å². The van der Waals surface area contributed by atoms with Crippen molar-refractivity contribution in [2.24, 2.45) is 0 Å². The summed E-state index contributed by atoms with van der Waals surface area (Å²) in [5, 5.41) is 0. The van der Waals surface area contributed by atoms with Gasteiger partial charge >= 0.3 is 121 Å². The van der Waals surface area contributed by atoms with Crippen molar-refractivity contribution in [3.63, 3.8) is 0 Å². The van der Waals surface area contributed by atoms with Gasteiger partial charge in [-0.25, -0.2) is 0 Å². The van der Waals surface area contributed by atoms with Gasteiger partial charge in [0.2, 0.25) is 0 Å². The van der Waals surface area contributed by atoms with Crippen LogP contribution in [0.25, 0.3) is 0 Å². The molecule has 0 aliphatic carbocycles. The van der Waals surface area contributed by atoms with Gasteiger partial charge in [-0.1, -0.05) is 0 Å². The zero-order chi connectivity index (χ0) is 0. The zero-order valence-electron chi connectivity index (χ0n) is 3.22. The van der Waals surface area contributed by atoms with Gasteiger partial charge < -0.3 is 16.4 Å². The van der Waals surface area contributed by atoms with E-state index in [1.165, 1.54) is 0 Å². The first kappa shape index (κ1) is 110. The van der Waals surface area contributed by atoms with E-state index < -0.39 is 0 Å². The Morgan fingerprint density at radius 3 is 0.444 bits per heavy atom. The van der Waals surface area contributed by atoms with Crippen LogP contribution in [0.4, 0.5) is 0 Å². The Morgan fingerprint density at radius 2 is 0.444 bits per heavy atom. The van der Waals surface area contributed by atoms with Crippen molar-refractivity contribution in [3.05, 3.63) is 0 Å². The Morgan fingerprint density at radius 1 is 0.444 bits per heavy atom. The van der Waals surface area contributed by atoms with Crippen molar-refractivity contribution in [2.45, 2.75) is 0 Å². The summed E-state index contributed by atoms with van der Waals surface area (Å²) in [4.78, 5) is 0. The summed E-state index contributed by atoms with van der Waals surface area (Å²) in [7, 11) is 0. The molecule has 3 nitrogen and oxygen atoms in total. The van der Waals surface area contributed by atoms with Crippen LogP contribution in [-0.4, -0.2) is 59.7 Å². The molecule has 0 saturated heterocycles. The molecule has 0 unspecified atom stereocenters. The van der Waals surface area contributed by atoms with E-state index in [-0.39, 0.29) is 160 Å². The number of hydrogen-bond acceptors (Lipinski definition) is 0. The molecule has 0 N–H and O–H groups in total. The van der Waals surface area contributed by atoms with Gasteiger partial charge in [0.1, 0.15) is 0 Å². The maximum Gasteiger partial charge on any atom is 0 e. The molecule has 0 fully saturated rings. The van der Waals surface area contributed by atoms with Gasteiger partial charge in [-0.05, 0) is 0 Å². The van der Waals surface area contributed by atoms with Crippen LogP contribution in [-0.2, 0) is 16.4 Å². The van der Waals surface area contributed by atoms with E-state index in [4.69, 9.17) is 0 Å². The Balaban J connectivity index is 0. The van der Waals surface area contributed by atoms with Gasteiger partial charge in [-0.3, -0.25) is 0 Å². The molecule has 10 radical (unpaired) electrons. The summed E-state index contributed by atoms with van der Waals surface area (Å²) in [5.41, 5.74) is 0. The second kappa shape index (κ2) is 85.6.